The first-order valence-corrected chi connectivity index (χ1v) is 19.2. The molecule has 5 atom stereocenters. The number of hydrogen-bond acceptors (Lipinski definition) is 11. The van der Waals surface area contributed by atoms with Crippen molar-refractivity contribution in [3.63, 3.8) is 0 Å². The van der Waals surface area contributed by atoms with E-state index in [4.69, 9.17) is 9.47 Å². The predicted octanol–water partition coefficient (Wildman–Crippen LogP) is 5.53. The highest BCUT2D eigenvalue weighted by atomic mass is 32.1. The highest BCUT2D eigenvalue weighted by Gasteiger charge is 2.53. The number of nitrogens with one attached hydrogen (secondary N) is 2. The van der Waals surface area contributed by atoms with Crippen LogP contribution in [0.1, 0.15) is 52.7 Å². The maximum atomic E-state index is 13.6. The molecule has 10 nitrogen and oxygen atoms in total. The third-order valence-corrected chi connectivity index (χ3v) is 12.4. The number of aromatic nitrogens is 1. The van der Waals surface area contributed by atoms with Crippen molar-refractivity contribution in [1.29, 1.82) is 0 Å². The van der Waals surface area contributed by atoms with E-state index in [1.807, 2.05) is 47.2 Å². The van der Waals surface area contributed by atoms with Crippen molar-refractivity contribution in [3.05, 3.63) is 115 Å². The molecule has 2 fully saturated rings. The quantitative estimate of drug-likeness (QED) is 0.0695. The number of aliphatic hydroxyl groups excluding tert-OH is 1. The molecule has 3 aromatic heterocycles. The summed E-state index contributed by atoms with van der Waals surface area (Å²) in [7, 11) is 2.15. The van der Waals surface area contributed by atoms with Gasteiger partial charge in [0.1, 0.15) is 17.6 Å². The Balaban J connectivity index is 0.853. The van der Waals surface area contributed by atoms with E-state index in [0.29, 0.717) is 57.9 Å². The second-order valence-electron chi connectivity index (χ2n) is 13.6. The maximum absolute atomic E-state index is 13.6. The number of benzene rings is 2. The van der Waals surface area contributed by atoms with Crippen LogP contribution in [0, 0.1) is 11.8 Å². The number of carbonyl (C=O) groups excluding carboxylic acids is 1. The fourth-order valence-electron chi connectivity index (χ4n) is 7.94. The summed E-state index contributed by atoms with van der Waals surface area (Å²) in [4.78, 5) is 31.5. The number of rotatable bonds is 15. The highest BCUT2D eigenvalue weighted by Crippen LogP contribution is 2.49. The van der Waals surface area contributed by atoms with Crippen LogP contribution in [-0.2, 0) is 21.7 Å². The van der Waals surface area contributed by atoms with Gasteiger partial charge in [0.2, 0.25) is 11.2 Å². The van der Waals surface area contributed by atoms with Gasteiger partial charge >= 0.3 is 5.97 Å². The minimum absolute atomic E-state index is 0.0365. The Labute approximate surface area is 304 Å². The maximum Gasteiger partial charge on any atom is 0.349 e. The number of aliphatic hydroxyl groups is 2. The molecule has 0 amide bonds. The van der Waals surface area contributed by atoms with Crippen molar-refractivity contribution in [1.82, 2.24) is 15.2 Å². The molecule has 2 saturated carbocycles. The number of aromatic hydroxyl groups is 1. The third-order valence-electron chi connectivity index (χ3n) is 10.4. The van der Waals surface area contributed by atoms with Crippen molar-refractivity contribution in [2.75, 3.05) is 26.7 Å². The summed E-state index contributed by atoms with van der Waals surface area (Å²) < 4.78 is 12.2. The van der Waals surface area contributed by atoms with E-state index >= 15 is 0 Å². The van der Waals surface area contributed by atoms with E-state index in [-0.39, 0.29) is 23.3 Å². The lowest BCUT2D eigenvalue weighted by Gasteiger charge is -2.31. The number of esters is 1. The van der Waals surface area contributed by atoms with E-state index in [9.17, 15) is 24.9 Å². The van der Waals surface area contributed by atoms with E-state index in [0.717, 1.165) is 43.5 Å². The molecule has 0 aliphatic heterocycles. The molecule has 268 valence electrons. The molecule has 2 aliphatic carbocycles. The molecule has 0 saturated heterocycles. The first-order chi connectivity index (χ1) is 24.7. The number of phenols is 1. The Morgan fingerprint density at radius 1 is 1.04 bits per heavy atom. The normalized spacial score (nSPS) is 20.6. The number of ether oxygens (including phenoxy) is 2. The topological polar surface area (TPSA) is 144 Å². The highest BCUT2D eigenvalue weighted by molar-refractivity contribution is 7.12. The van der Waals surface area contributed by atoms with Gasteiger partial charge in [-0.1, -0.05) is 30.3 Å². The van der Waals surface area contributed by atoms with Crippen LogP contribution >= 0.6 is 22.7 Å². The first kappa shape index (κ1) is 35.4. The van der Waals surface area contributed by atoms with E-state index in [1.165, 1.54) is 34.8 Å². The fourth-order valence-corrected chi connectivity index (χ4v) is 9.65. The van der Waals surface area contributed by atoms with Gasteiger partial charge in [-0.15, -0.1) is 22.7 Å². The van der Waals surface area contributed by atoms with E-state index in [1.54, 1.807) is 24.3 Å². The third kappa shape index (κ3) is 7.35. The number of phenolic OH excluding ortho intramolecular Hbond substituents is 1. The average Bonchev–Trinajstić information content (AvgIpc) is 3.97. The molecule has 0 radical (unpaired) electrons. The summed E-state index contributed by atoms with van der Waals surface area (Å²) in [6.45, 7) is 2.29. The standard InChI is InChI=1S/C39H43N3O7S2/c1-42(37-25-9-12-29(37)32(21-25)49-38(46)39(47,33-5-2-19-50-33)34-6-3-20-51-34)17-4-18-48-26-10-7-24(8-11-26)22-40-23-31(44)27-13-15-30(43)36-28(27)14-16-35(45)41-36/h2-3,5-8,10-11,13-16,19-20,25,29,31-32,37,40,43-44,47H,4,9,12,17-18,21-23H2,1H3,(H,41,45)/t25?,29?,31-,32?,37?/m0/s1. The summed E-state index contributed by atoms with van der Waals surface area (Å²) in [6.07, 6.45) is 2.79. The van der Waals surface area contributed by atoms with Crippen molar-refractivity contribution in [3.8, 4) is 11.5 Å². The first-order valence-electron chi connectivity index (χ1n) is 17.4. The Bertz CT molecular complexity index is 1950. The Kier molecular flexibility index (Phi) is 10.6. The molecule has 51 heavy (non-hydrogen) atoms. The Morgan fingerprint density at radius 2 is 1.78 bits per heavy atom. The van der Waals surface area contributed by atoms with E-state index in [2.05, 4.69) is 22.2 Å². The molecule has 12 heteroatoms. The number of hydrogen-bond donors (Lipinski definition) is 5. The van der Waals surface area contributed by atoms with Gasteiger partial charge in [-0.3, -0.25) is 4.79 Å². The Morgan fingerprint density at radius 3 is 2.49 bits per heavy atom. The van der Waals surface area contributed by atoms with E-state index < -0.39 is 17.7 Å². The average molecular weight is 730 g/mol. The van der Waals surface area contributed by atoms with Crippen molar-refractivity contribution in [2.24, 2.45) is 11.8 Å². The van der Waals surface area contributed by atoms with Crippen LogP contribution in [0.15, 0.2) is 88.4 Å². The minimum Gasteiger partial charge on any atom is -0.506 e. The van der Waals surface area contributed by atoms with Crippen LogP contribution in [0.5, 0.6) is 11.5 Å². The van der Waals surface area contributed by atoms with Gasteiger partial charge in [0, 0.05) is 43.0 Å². The number of carbonyl (C=O) groups is 1. The van der Waals surface area contributed by atoms with Crippen molar-refractivity contribution >= 4 is 39.5 Å². The molecule has 7 rings (SSSR count). The van der Waals surface area contributed by atoms with Crippen LogP contribution in [0.2, 0.25) is 0 Å². The second kappa shape index (κ2) is 15.3. The van der Waals surface area contributed by atoms with Gasteiger partial charge in [0.05, 0.1) is 28.0 Å². The molecule has 3 heterocycles. The van der Waals surface area contributed by atoms with Crippen LogP contribution in [-0.4, -0.2) is 70.1 Å². The molecule has 4 unspecified atom stereocenters. The lowest BCUT2D eigenvalue weighted by Crippen LogP contribution is -2.42. The van der Waals surface area contributed by atoms with Crippen LogP contribution in [0.3, 0.4) is 0 Å². The number of aromatic amines is 1. The number of nitrogens with zero attached hydrogens (tertiary/aromatic N) is 1. The zero-order valence-electron chi connectivity index (χ0n) is 28.4. The number of fused-ring (bicyclic) bond motifs is 3. The predicted molar refractivity (Wildman–Crippen MR) is 198 cm³/mol. The number of H-pyrrole nitrogens is 1. The minimum atomic E-state index is -1.78. The fraction of sp³-hybridized carbons (Fsp3) is 0.385. The number of pyridine rings is 1. The van der Waals surface area contributed by atoms with Crippen molar-refractivity contribution < 1.29 is 29.6 Å². The molecular weight excluding hydrogens is 687 g/mol. The van der Waals surface area contributed by atoms with Gasteiger partial charge in [-0.25, -0.2) is 4.79 Å². The Hall–Kier alpha value is -4.04. The molecule has 5 N–H and O–H groups in total. The van der Waals surface area contributed by atoms with Crippen LogP contribution in [0.4, 0.5) is 0 Å². The lowest BCUT2D eigenvalue weighted by atomic mass is 9.96. The molecule has 5 aromatic rings. The second-order valence-corrected chi connectivity index (χ2v) is 15.5. The van der Waals surface area contributed by atoms with Gasteiger partial charge in [-0.05, 0) is 96.9 Å². The van der Waals surface area contributed by atoms with Crippen LogP contribution in [0.25, 0.3) is 10.9 Å². The molecule has 2 aliphatic rings. The molecular formula is C39H43N3O7S2. The monoisotopic (exact) mass is 729 g/mol. The summed E-state index contributed by atoms with van der Waals surface area (Å²) in [5, 5.41) is 40.2. The zero-order valence-corrected chi connectivity index (χ0v) is 30.0. The number of thiophene rings is 2. The summed E-state index contributed by atoms with van der Waals surface area (Å²) in [6, 6.07) is 21.6. The van der Waals surface area contributed by atoms with Gasteiger partial charge < -0.3 is 40.0 Å². The molecule has 2 aromatic carbocycles. The van der Waals surface area contributed by atoms with Gasteiger partial charge in [-0.2, -0.15) is 0 Å². The van der Waals surface area contributed by atoms with Crippen LogP contribution < -0.4 is 15.6 Å². The molecule has 0 spiro atoms. The smallest absolute Gasteiger partial charge is 0.349 e. The zero-order chi connectivity index (χ0) is 35.5. The summed E-state index contributed by atoms with van der Waals surface area (Å²) in [5.41, 5.74) is -0.116. The van der Waals surface area contributed by atoms with Gasteiger partial charge in [0.15, 0.2) is 0 Å². The molecule has 2 bridgehead atoms. The lowest BCUT2D eigenvalue weighted by molar-refractivity contribution is -0.170. The van der Waals surface area contributed by atoms with Crippen molar-refractivity contribution in [2.45, 2.75) is 56.1 Å². The van der Waals surface area contributed by atoms with Gasteiger partial charge in [0.25, 0.3) is 0 Å². The summed E-state index contributed by atoms with van der Waals surface area (Å²) in [5.74, 6) is 0.882. The largest absolute Gasteiger partial charge is 0.506 e. The summed E-state index contributed by atoms with van der Waals surface area (Å²) >= 11 is 2.72. The SMILES string of the molecule is CN(CCCOc1ccc(CNC[C@H](O)c2ccc(O)c3[nH]c(=O)ccc23)cc1)C1C2CCC1C(OC(=O)C(O)(c1cccs1)c1cccs1)C2.